The number of ether oxygens (including phenoxy) is 3. The smallest absolute Gasteiger partial charge is 0.265 e. The number of anilines is 2. The molecule has 1 heterocycles. The van der Waals surface area contributed by atoms with Gasteiger partial charge in [-0.3, -0.25) is 14.4 Å². The molecule has 2 aromatic carbocycles. The lowest BCUT2D eigenvalue weighted by atomic mass is 10.3. The van der Waals surface area contributed by atoms with Crippen LogP contribution < -0.4 is 23.8 Å². The van der Waals surface area contributed by atoms with Crippen molar-refractivity contribution in [2.24, 2.45) is 0 Å². The number of rotatable bonds is 11. The highest BCUT2D eigenvalue weighted by Gasteiger charge is 2.31. The summed E-state index contributed by atoms with van der Waals surface area (Å²) in [6, 6.07) is 8.62. The summed E-state index contributed by atoms with van der Waals surface area (Å²) in [6.07, 6.45) is 0. The zero-order chi connectivity index (χ0) is 25.6. The number of carbonyl (C=O) groups excluding carboxylic acids is 1. The minimum atomic E-state index is -4.29. The van der Waals surface area contributed by atoms with Crippen molar-refractivity contribution in [2.45, 2.75) is 16.2 Å². The summed E-state index contributed by atoms with van der Waals surface area (Å²) in [5.74, 6) is 0.956. The first-order chi connectivity index (χ1) is 16.7. The maximum Gasteiger partial charge on any atom is 0.265 e. The van der Waals surface area contributed by atoms with E-state index < -0.39 is 22.5 Å². The van der Waals surface area contributed by atoms with E-state index in [0.29, 0.717) is 10.1 Å². The maximum absolute atomic E-state index is 13.8. The Bertz CT molecular complexity index is 1300. The van der Waals surface area contributed by atoms with Crippen molar-refractivity contribution >= 4 is 61.4 Å². The van der Waals surface area contributed by atoms with E-state index in [1.807, 2.05) is 6.92 Å². The van der Waals surface area contributed by atoms with E-state index in [1.54, 1.807) is 6.07 Å². The Morgan fingerprint density at radius 1 is 1.06 bits per heavy atom. The van der Waals surface area contributed by atoms with Gasteiger partial charge in [0.15, 0.2) is 15.8 Å². The number of aromatic nitrogens is 2. The van der Waals surface area contributed by atoms with E-state index in [4.69, 9.17) is 25.8 Å². The molecule has 188 valence electrons. The number of halogens is 1. The summed E-state index contributed by atoms with van der Waals surface area (Å²) in [6.45, 7) is 1.39. The second kappa shape index (κ2) is 11.8. The van der Waals surface area contributed by atoms with Crippen LogP contribution in [0.3, 0.4) is 0 Å². The number of nitrogens with one attached hydrogen (secondary N) is 1. The monoisotopic (exact) mass is 558 g/mol. The lowest BCUT2D eigenvalue weighted by molar-refractivity contribution is -0.114. The van der Waals surface area contributed by atoms with Gasteiger partial charge < -0.3 is 14.2 Å². The molecule has 10 nitrogen and oxygen atoms in total. The van der Waals surface area contributed by atoms with Gasteiger partial charge >= 0.3 is 0 Å². The van der Waals surface area contributed by atoms with Gasteiger partial charge in [0.1, 0.15) is 12.3 Å². The molecule has 35 heavy (non-hydrogen) atoms. The minimum absolute atomic E-state index is 0.0874. The largest absolute Gasteiger partial charge is 0.495 e. The van der Waals surface area contributed by atoms with Crippen LogP contribution in [-0.4, -0.2) is 58.1 Å². The lowest BCUT2D eigenvalue weighted by Crippen LogP contribution is -2.38. The molecule has 0 radical (unpaired) electrons. The van der Waals surface area contributed by atoms with Crippen molar-refractivity contribution < 1.29 is 27.4 Å². The van der Waals surface area contributed by atoms with Gasteiger partial charge in [-0.05, 0) is 36.1 Å². The summed E-state index contributed by atoms with van der Waals surface area (Å²) in [4.78, 5) is 12.8. The Morgan fingerprint density at radius 2 is 1.74 bits per heavy atom. The normalized spacial score (nSPS) is 11.1. The molecule has 0 aliphatic carbocycles. The molecule has 3 aromatic rings. The number of amides is 1. The number of hydrogen-bond acceptors (Lipinski definition) is 10. The zero-order valence-corrected chi connectivity index (χ0v) is 22.5. The predicted molar refractivity (Wildman–Crippen MR) is 137 cm³/mol. The van der Waals surface area contributed by atoms with Crippen LogP contribution in [0.1, 0.15) is 6.92 Å². The third-order valence-electron chi connectivity index (χ3n) is 4.56. The van der Waals surface area contributed by atoms with Crippen LogP contribution >= 0.6 is 34.7 Å². The first-order valence-corrected chi connectivity index (χ1v) is 13.7. The van der Waals surface area contributed by atoms with Crippen LogP contribution in [0.25, 0.3) is 0 Å². The van der Waals surface area contributed by atoms with Crippen LogP contribution in [0.4, 0.5) is 10.8 Å². The molecule has 0 aliphatic heterocycles. The number of methoxy groups -OCH3 is 3. The molecular weight excluding hydrogens is 536 g/mol. The highest BCUT2D eigenvalue weighted by Crippen LogP contribution is 2.37. The van der Waals surface area contributed by atoms with Crippen LogP contribution in [0.2, 0.25) is 5.02 Å². The van der Waals surface area contributed by atoms with Crippen molar-refractivity contribution in [1.29, 1.82) is 0 Å². The summed E-state index contributed by atoms with van der Waals surface area (Å²) in [7, 11) is -0.0619. The van der Waals surface area contributed by atoms with Crippen molar-refractivity contribution in [3.8, 4) is 17.2 Å². The molecule has 14 heteroatoms. The zero-order valence-electron chi connectivity index (χ0n) is 19.3. The molecule has 0 unspecified atom stereocenters. The number of sulfonamides is 1. The maximum atomic E-state index is 13.8. The van der Waals surface area contributed by atoms with Crippen molar-refractivity contribution in [1.82, 2.24) is 10.2 Å². The van der Waals surface area contributed by atoms with Gasteiger partial charge in [0, 0.05) is 11.1 Å². The minimum Gasteiger partial charge on any atom is -0.495 e. The van der Waals surface area contributed by atoms with Crippen molar-refractivity contribution in [3.63, 3.8) is 0 Å². The molecule has 0 spiro atoms. The Labute approximate surface area is 216 Å². The first kappa shape index (κ1) is 26.9. The molecule has 0 saturated heterocycles. The average Bonchev–Trinajstić information content (AvgIpc) is 3.28. The van der Waals surface area contributed by atoms with Crippen LogP contribution in [0.15, 0.2) is 45.6 Å². The fraction of sp³-hybridized carbons (Fsp3) is 0.286. The molecule has 3 rings (SSSR count). The number of carbonyl (C=O) groups is 1. The summed E-state index contributed by atoms with van der Waals surface area (Å²) in [5, 5.41) is 11.1. The van der Waals surface area contributed by atoms with Crippen molar-refractivity contribution in [2.75, 3.05) is 43.2 Å². The third-order valence-corrected chi connectivity index (χ3v) is 8.41. The standard InChI is InChI=1S/C21H23ClN4O6S3/c1-5-33-21-25-24-20(34-21)23-19(27)12-26(15-10-13(22)6-8-16(15)30-2)35(28,29)14-7-9-17(31-3)18(11-14)32-4/h6-11H,5,12H2,1-4H3,(H,23,24,27). The third kappa shape index (κ3) is 6.28. The highest BCUT2D eigenvalue weighted by molar-refractivity contribution is 8.01. The highest BCUT2D eigenvalue weighted by atomic mass is 35.5. The van der Waals surface area contributed by atoms with Gasteiger partial charge in [-0.2, -0.15) is 0 Å². The van der Waals surface area contributed by atoms with E-state index in [9.17, 15) is 13.2 Å². The number of nitrogens with zero attached hydrogens (tertiary/aromatic N) is 3. The fourth-order valence-electron chi connectivity index (χ4n) is 2.99. The first-order valence-electron chi connectivity index (χ1n) is 10.1. The molecular formula is C21H23ClN4O6S3. The Morgan fingerprint density at radius 3 is 2.40 bits per heavy atom. The second-order valence-electron chi connectivity index (χ2n) is 6.70. The molecule has 1 amide bonds. The molecule has 0 bridgehead atoms. The molecule has 1 aromatic heterocycles. The van der Waals surface area contributed by atoms with E-state index in [1.165, 1.54) is 74.8 Å². The van der Waals surface area contributed by atoms with Gasteiger partial charge in [-0.25, -0.2) is 8.42 Å². The van der Waals surface area contributed by atoms with E-state index >= 15 is 0 Å². The Kier molecular flexibility index (Phi) is 9.05. The topological polar surface area (TPSA) is 120 Å². The second-order valence-corrected chi connectivity index (χ2v) is 11.5. The lowest BCUT2D eigenvalue weighted by Gasteiger charge is -2.26. The van der Waals surface area contributed by atoms with Gasteiger partial charge in [-0.1, -0.05) is 41.6 Å². The van der Waals surface area contributed by atoms with E-state index in [-0.39, 0.29) is 32.2 Å². The number of benzene rings is 2. The summed E-state index contributed by atoms with van der Waals surface area (Å²) < 4.78 is 45.0. The molecule has 0 fully saturated rings. The van der Waals surface area contributed by atoms with Gasteiger partial charge in [0.2, 0.25) is 11.0 Å². The fourth-order valence-corrected chi connectivity index (χ4v) is 6.26. The van der Waals surface area contributed by atoms with Crippen LogP contribution in [0.5, 0.6) is 17.2 Å². The van der Waals surface area contributed by atoms with Crippen LogP contribution in [0, 0.1) is 0 Å². The SMILES string of the molecule is CCSc1nnc(NC(=O)CN(c2cc(Cl)ccc2OC)S(=O)(=O)c2ccc(OC)c(OC)c2)s1. The van der Waals surface area contributed by atoms with Crippen LogP contribution in [-0.2, 0) is 14.8 Å². The Hall–Kier alpha value is -2.74. The quantitative estimate of drug-likeness (QED) is 0.273. The van der Waals surface area contributed by atoms with Crippen molar-refractivity contribution in [3.05, 3.63) is 41.4 Å². The van der Waals surface area contributed by atoms with Gasteiger partial charge in [-0.15, -0.1) is 10.2 Å². The van der Waals surface area contributed by atoms with E-state index in [2.05, 4.69) is 15.5 Å². The summed E-state index contributed by atoms with van der Waals surface area (Å²) in [5.41, 5.74) is 0.0874. The predicted octanol–water partition coefficient (Wildman–Crippen LogP) is 4.16. The van der Waals surface area contributed by atoms with Gasteiger partial charge in [0.25, 0.3) is 10.0 Å². The molecule has 1 N–H and O–H groups in total. The number of hydrogen-bond donors (Lipinski definition) is 1. The molecule has 0 saturated carbocycles. The van der Waals surface area contributed by atoms with E-state index in [0.717, 1.165) is 10.1 Å². The summed E-state index contributed by atoms with van der Waals surface area (Å²) >= 11 is 8.85. The molecule has 0 atom stereocenters. The number of thioether (sulfide) groups is 1. The Balaban J connectivity index is 2.03. The molecule has 0 aliphatic rings. The van der Waals surface area contributed by atoms with Gasteiger partial charge in [0.05, 0.1) is 31.9 Å². The average molecular weight is 559 g/mol.